The molecule has 0 bridgehead atoms. The van der Waals surface area contributed by atoms with E-state index in [0.717, 1.165) is 25.1 Å². The van der Waals surface area contributed by atoms with Crippen molar-refractivity contribution in [3.8, 4) is 5.75 Å². The molecular formula is C22H29NO. The molecule has 0 spiro atoms. The lowest BCUT2D eigenvalue weighted by molar-refractivity contribution is 0.130. The lowest BCUT2D eigenvalue weighted by Gasteiger charge is -2.39. The second-order valence-corrected chi connectivity index (χ2v) is 6.82. The van der Waals surface area contributed by atoms with E-state index in [-0.39, 0.29) is 0 Å². The molecule has 0 radical (unpaired) electrons. The van der Waals surface area contributed by atoms with Crippen LogP contribution in [-0.4, -0.2) is 24.6 Å². The summed E-state index contributed by atoms with van der Waals surface area (Å²) in [6.07, 6.45) is 4.65. The first-order valence-corrected chi connectivity index (χ1v) is 9.20. The maximum atomic E-state index is 5.56. The van der Waals surface area contributed by atoms with Crippen LogP contribution >= 0.6 is 0 Å². The predicted octanol–water partition coefficient (Wildman–Crippen LogP) is 5.03. The van der Waals surface area contributed by atoms with Crippen molar-refractivity contribution >= 4 is 0 Å². The van der Waals surface area contributed by atoms with Crippen LogP contribution in [0.5, 0.6) is 5.75 Å². The molecule has 24 heavy (non-hydrogen) atoms. The Bertz CT molecular complexity index is 652. The molecule has 2 atom stereocenters. The molecular weight excluding hydrogens is 294 g/mol. The molecule has 128 valence electrons. The molecule has 2 heteroatoms. The van der Waals surface area contributed by atoms with Crippen LogP contribution in [0.1, 0.15) is 49.4 Å². The van der Waals surface area contributed by atoms with Crippen molar-refractivity contribution in [3.05, 3.63) is 65.2 Å². The Hall–Kier alpha value is -1.80. The predicted molar refractivity (Wildman–Crippen MR) is 101 cm³/mol. The second kappa shape index (κ2) is 7.85. The van der Waals surface area contributed by atoms with Gasteiger partial charge in [-0.2, -0.15) is 0 Å². The van der Waals surface area contributed by atoms with Gasteiger partial charge in [0.2, 0.25) is 0 Å². The summed E-state index contributed by atoms with van der Waals surface area (Å²) >= 11 is 0. The third kappa shape index (κ3) is 3.49. The summed E-state index contributed by atoms with van der Waals surface area (Å²) < 4.78 is 5.56. The van der Waals surface area contributed by atoms with Crippen LogP contribution in [0.3, 0.4) is 0 Å². The molecule has 0 aromatic heterocycles. The van der Waals surface area contributed by atoms with Gasteiger partial charge in [0.05, 0.1) is 7.11 Å². The van der Waals surface area contributed by atoms with Gasteiger partial charge in [-0.05, 0) is 61.9 Å². The number of hydrogen-bond donors (Lipinski definition) is 0. The molecule has 2 nitrogen and oxygen atoms in total. The van der Waals surface area contributed by atoms with Crippen molar-refractivity contribution < 1.29 is 4.74 Å². The van der Waals surface area contributed by atoms with Gasteiger partial charge < -0.3 is 4.74 Å². The fourth-order valence-electron chi connectivity index (χ4n) is 4.10. The molecule has 0 heterocycles. The largest absolute Gasteiger partial charge is 0.496 e. The molecule has 0 N–H and O–H groups in total. The van der Waals surface area contributed by atoms with E-state index in [4.69, 9.17) is 4.74 Å². The van der Waals surface area contributed by atoms with Crippen molar-refractivity contribution in [3.63, 3.8) is 0 Å². The van der Waals surface area contributed by atoms with Crippen molar-refractivity contribution in [1.29, 1.82) is 0 Å². The molecule has 1 unspecified atom stereocenters. The van der Waals surface area contributed by atoms with Crippen LogP contribution in [-0.2, 0) is 12.8 Å². The van der Waals surface area contributed by atoms with Crippen molar-refractivity contribution in [2.75, 3.05) is 13.7 Å². The molecule has 0 aliphatic heterocycles. The van der Waals surface area contributed by atoms with E-state index in [0.29, 0.717) is 12.1 Å². The van der Waals surface area contributed by atoms with Gasteiger partial charge in [-0.25, -0.2) is 0 Å². The highest BCUT2D eigenvalue weighted by Crippen LogP contribution is 2.34. The monoisotopic (exact) mass is 323 g/mol. The number of methoxy groups -OCH3 is 1. The lowest BCUT2D eigenvalue weighted by Crippen LogP contribution is -2.41. The van der Waals surface area contributed by atoms with Gasteiger partial charge in [-0.3, -0.25) is 4.90 Å². The summed E-state index contributed by atoms with van der Waals surface area (Å²) in [7, 11) is 1.78. The van der Waals surface area contributed by atoms with Crippen LogP contribution < -0.4 is 4.74 Å². The maximum absolute atomic E-state index is 5.56. The topological polar surface area (TPSA) is 12.5 Å². The summed E-state index contributed by atoms with van der Waals surface area (Å²) in [6.45, 7) is 5.79. The quantitative estimate of drug-likeness (QED) is 0.739. The van der Waals surface area contributed by atoms with Gasteiger partial charge >= 0.3 is 0 Å². The molecule has 0 saturated carbocycles. The highest BCUT2D eigenvalue weighted by molar-refractivity contribution is 5.42. The van der Waals surface area contributed by atoms with Crippen LogP contribution in [0.2, 0.25) is 0 Å². The summed E-state index contributed by atoms with van der Waals surface area (Å²) in [5, 5.41) is 0. The molecule has 0 saturated heterocycles. The fraction of sp³-hybridized carbons (Fsp3) is 0.455. The standard InChI is InChI=1S/C22H29NO/c1-4-15-23(17(2)18-9-6-5-7-10-18)20-13-14-21-19(16-20)11-8-12-22(21)24-3/h5-12,17,20H,4,13-16H2,1-3H3/t17-,20?/m1/s1. The zero-order chi connectivity index (χ0) is 16.9. The number of benzene rings is 2. The van der Waals surface area contributed by atoms with Gasteiger partial charge in [0.1, 0.15) is 5.75 Å². The second-order valence-electron chi connectivity index (χ2n) is 6.82. The number of ether oxygens (including phenoxy) is 1. The van der Waals surface area contributed by atoms with E-state index in [9.17, 15) is 0 Å². The Labute approximate surface area is 146 Å². The van der Waals surface area contributed by atoms with Gasteiger partial charge in [0.25, 0.3) is 0 Å². The Balaban J connectivity index is 1.82. The lowest BCUT2D eigenvalue weighted by atomic mass is 9.86. The van der Waals surface area contributed by atoms with E-state index in [1.807, 2.05) is 0 Å². The molecule has 1 aliphatic rings. The molecule has 2 aromatic carbocycles. The highest BCUT2D eigenvalue weighted by Gasteiger charge is 2.28. The van der Waals surface area contributed by atoms with Crippen molar-refractivity contribution in [1.82, 2.24) is 4.90 Å². The Kier molecular flexibility index (Phi) is 5.57. The Morgan fingerprint density at radius 3 is 2.62 bits per heavy atom. The zero-order valence-corrected chi connectivity index (χ0v) is 15.2. The molecule has 2 aromatic rings. The number of fused-ring (bicyclic) bond motifs is 1. The van der Waals surface area contributed by atoms with Crippen molar-refractivity contribution in [2.45, 2.75) is 51.6 Å². The third-order valence-electron chi connectivity index (χ3n) is 5.36. The Morgan fingerprint density at radius 2 is 1.92 bits per heavy atom. The molecule has 3 rings (SSSR count). The average molecular weight is 323 g/mol. The van der Waals surface area contributed by atoms with E-state index in [2.05, 4.69) is 67.3 Å². The van der Waals surface area contributed by atoms with Crippen LogP contribution in [0.25, 0.3) is 0 Å². The minimum atomic E-state index is 0.461. The zero-order valence-electron chi connectivity index (χ0n) is 15.2. The van der Waals surface area contributed by atoms with Crippen LogP contribution in [0.4, 0.5) is 0 Å². The summed E-state index contributed by atoms with van der Waals surface area (Å²) in [5.74, 6) is 1.06. The number of hydrogen-bond acceptors (Lipinski definition) is 2. The molecule has 1 aliphatic carbocycles. The molecule has 0 fully saturated rings. The van der Waals surface area contributed by atoms with Gasteiger partial charge in [0.15, 0.2) is 0 Å². The van der Waals surface area contributed by atoms with Gasteiger partial charge in [-0.1, -0.05) is 49.4 Å². The summed E-state index contributed by atoms with van der Waals surface area (Å²) in [6, 6.07) is 18.5. The first-order chi connectivity index (χ1) is 11.7. The Morgan fingerprint density at radius 1 is 1.12 bits per heavy atom. The number of rotatable bonds is 6. The van der Waals surface area contributed by atoms with E-state index in [1.54, 1.807) is 7.11 Å². The van der Waals surface area contributed by atoms with Crippen LogP contribution in [0, 0.1) is 0 Å². The van der Waals surface area contributed by atoms with E-state index < -0.39 is 0 Å². The first-order valence-electron chi connectivity index (χ1n) is 9.20. The SMILES string of the molecule is CCCN(C1CCc2c(cccc2OC)C1)[C@H](C)c1ccccc1. The summed E-state index contributed by atoms with van der Waals surface area (Å²) in [4.78, 5) is 2.71. The van der Waals surface area contributed by atoms with Gasteiger partial charge in [-0.15, -0.1) is 0 Å². The normalized spacial score (nSPS) is 18.2. The minimum Gasteiger partial charge on any atom is -0.496 e. The van der Waals surface area contributed by atoms with Crippen molar-refractivity contribution in [2.24, 2.45) is 0 Å². The smallest absolute Gasteiger partial charge is 0.122 e. The van der Waals surface area contributed by atoms with E-state index in [1.165, 1.54) is 29.5 Å². The minimum absolute atomic E-state index is 0.461. The average Bonchev–Trinajstić information content (AvgIpc) is 2.65. The third-order valence-corrected chi connectivity index (χ3v) is 5.36. The maximum Gasteiger partial charge on any atom is 0.122 e. The molecule has 0 amide bonds. The van der Waals surface area contributed by atoms with E-state index >= 15 is 0 Å². The highest BCUT2D eigenvalue weighted by atomic mass is 16.5. The first kappa shape index (κ1) is 17.0. The summed E-state index contributed by atoms with van der Waals surface area (Å²) in [5.41, 5.74) is 4.30. The fourth-order valence-corrected chi connectivity index (χ4v) is 4.10. The van der Waals surface area contributed by atoms with Gasteiger partial charge in [0, 0.05) is 12.1 Å². The van der Waals surface area contributed by atoms with Crippen LogP contribution in [0.15, 0.2) is 48.5 Å². The number of nitrogens with zero attached hydrogens (tertiary/aromatic N) is 1.